The van der Waals surface area contributed by atoms with Crippen LogP contribution in [0.1, 0.15) is 51.0 Å². The van der Waals surface area contributed by atoms with Gasteiger partial charge in [-0.25, -0.2) is 4.39 Å². The molecule has 0 radical (unpaired) electrons. The molecule has 0 spiro atoms. The van der Waals surface area contributed by atoms with E-state index in [9.17, 15) is 4.39 Å². The average Bonchev–Trinajstić information content (AvgIpc) is 2.85. The third-order valence-corrected chi connectivity index (χ3v) is 4.01. The van der Waals surface area contributed by atoms with Crippen molar-refractivity contribution in [3.8, 4) is 0 Å². The monoisotopic (exact) mass is 295 g/mol. The van der Waals surface area contributed by atoms with Gasteiger partial charge in [0.1, 0.15) is 5.82 Å². The summed E-state index contributed by atoms with van der Waals surface area (Å²) in [6.07, 6.45) is 6.13. The number of halogens is 2. The summed E-state index contributed by atoms with van der Waals surface area (Å²) in [6, 6.07) is 4.68. The SMILES string of the molecule is CCCCCC1=C(c2ccc(F)c(Cl)c2)C(=NO)CC1. The van der Waals surface area contributed by atoms with E-state index in [1.165, 1.54) is 24.5 Å². The second-order valence-electron chi connectivity index (χ2n) is 5.11. The lowest BCUT2D eigenvalue weighted by molar-refractivity contribution is 0.319. The minimum Gasteiger partial charge on any atom is -0.411 e. The Morgan fingerprint density at radius 1 is 1.30 bits per heavy atom. The van der Waals surface area contributed by atoms with Crippen LogP contribution in [-0.2, 0) is 0 Å². The van der Waals surface area contributed by atoms with Crippen molar-refractivity contribution in [3.63, 3.8) is 0 Å². The fourth-order valence-corrected chi connectivity index (χ4v) is 2.86. The highest BCUT2D eigenvalue weighted by Crippen LogP contribution is 2.36. The Kier molecular flexibility index (Phi) is 5.18. The molecular formula is C16H19ClFNO. The lowest BCUT2D eigenvalue weighted by atomic mass is 9.97. The Morgan fingerprint density at radius 2 is 2.10 bits per heavy atom. The van der Waals surface area contributed by atoms with Crippen LogP contribution in [0.4, 0.5) is 4.39 Å². The molecule has 0 aliphatic heterocycles. The van der Waals surface area contributed by atoms with E-state index >= 15 is 0 Å². The van der Waals surface area contributed by atoms with Crippen molar-refractivity contribution >= 4 is 22.9 Å². The summed E-state index contributed by atoms with van der Waals surface area (Å²) in [4.78, 5) is 0. The number of oxime groups is 1. The lowest BCUT2D eigenvalue weighted by Gasteiger charge is -2.09. The van der Waals surface area contributed by atoms with Crippen molar-refractivity contribution in [1.29, 1.82) is 0 Å². The van der Waals surface area contributed by atoms with E-state index in [4.69, 9.17) is 16.8 Å². The molecule has 4 heteroatoms. The number of rotatable bonds is 5. The summed E-state index contributed by atoms with van der Waals surface area (Å²) in [5, 5.41) is 12.7. The predicted octanol–water partition coefficient (Wildman–Crippen LogP) is 5.44. The highest BCUT2D eigenvalue weighted by atomic mass is 35.5. The van der Waals surface area contributed by atoms with Crippen LogP contribution >= 0.6 is 11.6 Å². The Morgan fingerprint density at radius 3 is 2.75 bits per heavy atom. The Labute approximate surface area is 123 Å². The van der Waals surface area contributed by atoms with Gasteiger partial charge in [0.25, 0.3) is 0 Å². The van der Waals surface area contributed by atoms with E-state index in [1.807, 2.05) is 0 Å². The molecule has 0 amide bonds. The topological polar surface area (TPSA) is 32.6 Å². The number of benzene rings is 1. The van der Waals surface area contributed by atoms with Gasteiger partial charge >= 0.3 is 0 Å². The summed E-state index contributed by atoms with van der Waals surface area (Å²) >= 11 is 5.86. The van der Waals surface area contributed by atoms with Crippen LogP contribution in [0, 0.1) is 5.82 Å². The number of hydrogen-bond acceptors (Lipinski definition) is 2. The largest absolute Gasteiger partial charge is 0.411 e. The predicted molar refractivity (Wildman–Crippen MR) is 80.9 cm³/mol. The Balaban J connectivity index is 2.34. The zero-order valence-electron chi connectivity index (χ0n) is 11.6. The van der Waals surface area contributed by atoms with Crippen molar-refractivity contribution in [2.24, 2.45) is 5.16 Å². The third-order valence-electron chi connectivity index (χ3n) is 3.72. The molecule has 1 aliphatic rings. The molecule has 108 valence electrons. The van der Waals surface area contributed by atoms with E-state index in [0.29, 0.717) is 5.71 Å². The van der Waals surface area contributed by atoms with Gasteiger partial charge in [-0.3, -0.25) is 0 Å². The highest BCUT2D eigenvalue weighted by Gasteiger charge is 2.23. The zero-order chi connectivity index (χ0) is 14.5. The highest BCUT2D eigenvalue weighted by molar-refractivity contribution is 6.32. The molecule has 2 nitrogen and oxygen atoms in total. The zero-order valence-corrected chi connectivity index (χ0v) is 12.4. The summed E-state index contributed by atoms with van der Waals surface area (Å²) in [6.45, 7) is 2.17. The normalized spacial score (nSPS) is 17.2. The van der Waals surface area contributed by atoms with Crippen LogP contribution in [0.3, 0.4) is 0 Å². The minimum atomic E-state index is -0.427. The van der Waals surface area contributed by atoms with E-state index in [-0.39, 0.29) is 5.02 Å². The molecular weight excluding hydrogens is 277 g/mol. The molecule has 20 heavy (non-hydrogen) atoms. The Bertz CT molecular complexity index is 551. The van der Waals surface area contributed by atoms with Gasteiger partial charge in [0.2, 0.25) is 0 Å². The van der Waals surface area contributed by atoms with E-state index < -0.39 is 5.82 Å². The van der Waals surface area contributed by atoms with Crippen LogP contribution in [0.2, 0.25) is 5.02 Å². The van der Waals surface area contributed by atoms with Crippen molar-refractivity contribution in [3.05, 3.63) is 40.2 Å². The number of allylic oxidation sites excluding steroid dienone is 2. The molecule has 1 aliphatic carbocycles. The van der Waals surface area contributed by atoms with Crippen molar-refractivity contribution in [1.82, 2.24) is 0 Å². The second-order valence-corrected chi connectivity index (χ2v) is 5.52. The van der Waals surface area contributed by atoms with Gasteiger partial charge in [-0.2, -0.15) is 0 Å². The standard InChI is InChI=1S/C16H19ClFNO/c1-2-3-4-5-11-7-9-15(19-20)16(11)12-6-8-14(18)13(17)10-12/h6,8,10,20H,2-5,7,9H2,1H3. The van der Waals surface area contributed by atoms with Gasteiger partial charge in [0.05, 0.1) is 10.7 Å². The summed E-state index contributed by atoms with van der Waals surface area (Å²) in [7, 11) is 0. The van der Waals surface area contributed by atoms with Crippen LogP contribution in [0.15, 0.2) is 28.9 Å². The second kappa shape index (κ2) is 6.89. The maximum atomic E-state index is 13.3. The molecule has 0 aromatic heterocycles. The van der Waals surface area contributed by atoms with Gasteiger partial charge < -0.3 is 5.21 Å². The number of nitrogens with zero attached hydrogens (tertiary/aromatic N) is 1. The molecule has 0 unspecified atom stereocenters. The first-order valence-electron chi connectivity index (χ1n) is 7.06. The molecule has 0 atom stereocenters. The van der Waals surface area contributed by atoms with Crippen molar-refractivity contribution in [2.75, 3.05) is 0 Å². The molecule has 1 N–H and O–H groups in total. The van der Waals surface area contributed by atoms with Crippen molar-refractivity contribution < 1.29 is 9.60 Å². The van der Waals surface area contributed by atoms with Gasteiger partial charge in [0.15, 0.2) is 0 Å². The van der Waals surface area contributed by atoms with E-state index in [2.05, 4.69) is 12.1 Å². The third kappa shape index (κ3) is 3.21. The fraction of sp³-hybridized carbons (Fsp3) is 0.438. The van der Waals surface area contributed by atoms with Crippen LogP contribution in [0.25, 0.3) is 5.57 Å². The minimum absolute atomic E-state index is 0.104. The van der Waals surface area contributed by atoms with Gasteiger partial charge in [-0.1, -0.05) is 48.2 Å². The van der Waals surface area contributed by atoms with Crippen LogP contribution in [0.5, 0.6) is 0 Å². The van der Waals surface area contributed by atoms with Gasteiger partial charge in [-0.05, 0) is 43.4 Å². The maximum absolute atomic E-state index is 13.3. The Hall–Kier alpha value is -1.35. The molecule has 0 heterocycles. The van der Waals surface area contributed by atoms with Crippen LogP contribution in [-0.4, -0.2) is 10.9 Å². The van der Waals surface area contributed by atoms with Crippen molar-refractivity contribution in [2.45, 2.75) is 45.4 Å². The lowest BCUT2D eigenvalue weighted by Crippen LogP contribution is -1.98. The first-order chi connectivity index (χ1) is 9.67. The first kappa shape index (κ1) is 15.0. The molecule has 1 aromatic rings. The fourth-order valence-electron chi connectivity index (χ4n) is 2.68. The number of unbranched alkanes of at least 4 members (excludes halogenated alkanes) is 2. The molecule has 2 rings (SSSR count). The van der Waals surface area contributed by atoms with Gasteiger partial charge in [0, 0.05) is 5.57 Å². The first-order valence-corrected chi connectivity index (χ1v) is 7.44. The van der Waals surface area contributed by atoms with E-state index in [1.54, 1.807) is 12.1 Å². The molecule has 0 fully saturated rings. The maximum Gasteiger partial charge on any atom is 0.141 e. The summed E-state index contributed by atoms with van der Waals surface area (Å²) < 4.78 is 13.3. The summed E-state index contributed by atoms with van der Waals surface area (Å²) in [5.41, 5.74) is 3.76. The molecule has 1 aromatic carbocycles. The quantitative estimate of drug-likeness (QED) is 0.438. The molecule has 0 bridgehead atoms. The molecule has 0 saturated heterocycles. The smallest absolute Gasteiger partial charge is 0.141 e. The van der Waals surface area contributed by atoms with E-state index in [0.717, 1.165) is 36.8 Å². The summed E-state index contributed by atoms with van der Waals surface area (Å²) in [5.74, 6) is -0.427. The number of hydrogen-bond donors (Lipinski definition) is 1. The average molecular weight is 296 g/mol. The molecule has 0 saturated carbocycles. The van der Waals surface area contributed by atoms with Crippen LogP contribution < -0.4 is 0 Å². The van der Waals surface area contributed by atoms with Gasteiger partial charge in [-0.15, -0.1) is 0 Å².